The first-order valence-electron chi connectivity index (χ1n) is 9.62. The van der Waals surface area contributed by atoms with Crippen LogP contribution in [0.15, 0.2) is 11.6 Å². The van der Waals surface area contributed by atoms with Crippen LogP contribution in [0, 0.1) is 10.8 Å². The molecule has 3 fully saturated rings. The van der Waals surface area contributed by atoms with Gasteiger partial charge in [0, 0.05) is 25.7 Å². The van der Waals surface area contributed by atoms with Crippen LogP contribution in [0.25, 0.3) is 0 Å². The summed E-state index contributed by atoms with van der Waals surface area (Å²) >= 11 is 0. The Labute approximate surface area is 159 Å². The lowest BCUT2D eigenvalue weighted by Gasteiger charge is -2.66. The second-order valence-corrected chi connectivity index (χ2v) is 8.71. The average molecular weight is 380 g/mol. The van der Waals surface area contributed by atoms with Crippen molar-refractivity contribution in [2.45, 2.75) is 77.0 Å². The van der Waals surface area contributed by atoms with E-state index in [1.165, 1.54) is 19.4 Å². The number of epoxide rings is 1. The van der Waals surface area contributed by atoms with Crippen LogP contribution in [0.4, 0.5) is 0 Å². The summed E-state index contributed by atoms with van der Waals surface area (Å²) < 4.78 is 23.6. The average Bonchev–Trinajstić information content (AvgIpc) is 3.36. The molecule has 27 heavy (non-hydrogen) atoms. The van der Waals surface area contributed by atoms with Crippen LogP contribution in [0.3, 0.4) is 0 Å². The second-order valence-electron chi connectivity index (χ2n) is 8.71. The Morgan fingerprint density at radius 2 is 2.04 bits per heavy atom. The van der Waals surface area contributed by atoms with Crippen LogP contribution in [-0.4, -0.2) is 60.3 Å². The number of ether oxygens (including phenoxy) is 4. The molecule has 7 nitrogen and oxygen atoms in total. The third kappa shape index (κ3) is 2.44. The van der Waals surface area contributed by atoms with E-state index in [0.29, 0.717) is 6.61 Å². The van der Waals surface area contributed by atoms with Gasteiger partial charge < -0.3 is 24.1 Å². The summed E-state index contributed by atoms with van der Waals surface area (Å²) in [7, 11) is 0. The van der Waals surface area contributed by atoms with E-state index in [4.69, 9.17) is 18.9 Å². The van der Waals surface area contributed by atoms with Crippen molar-refractivity contribution in [1.82, 2.24) is 0 Å². The quantitative estimate of drug-likeness (QED) is 0.451. The first kappa shape index (κ1) is 18.9. The van der Waals surface area contributed by atoms with Crippen molar-refractivity contribution >= 4 is 11.9 Å². The van der Waals surface area contributed by atoms with Gasteiger partial charge in [0.15, 0.2) is 0 Å². The van der Waals surface area contributed by atoms with Gasteiger partial charge in [-0.1, -0.05) is 18.6 Å². The number of fused-ring (bicyclic) bond motifs is 2. The molecule has 2 aliphatic carbocycles. The number of hydrogen-bond donors (Lipinski definition) is 1. The number of rotatable bonds is 3. The summed E-state index contributed by atoms with van der Waals surface area (Å²) in [4.78, 5) is 23.5. The van der Waals surface area contributed by atoms with Gasteiger partial charge in [0.1, 0.15) is 24.4 Å². The van der Waals surface area contributed by atoms with E-state index < -0.39 is 40.7 Å². The fraction of sp³-hybridized carbons (Fsp3) is 0.800. The molecule has 7 heteroatoms. The number of allylic oxidation sites excluding steroid dienone is 1. The molecule has 1 saturated carbocycles. The monoisotopic (exact) mass is 380 g/mol. The van der Waals surface area contributed by atoms with E-state index in [1.807, 2.05) is 0 Å². The van der Waals surface area contributed by atoms with Gasteiger partial charge in [-0.3, -0.25) is 9.59 Å². The first-order valence-corrected chi connectivity index (χ1v) is 9.62. The normalized spacial score (nSPS) is 47.7. The van der Waals surface area contributed by atoms with E-state index in [0.717, 1.165) is 12.8 Å². The highest BCUT2D eigenvalue weighted by molar-refractivity contribution is 5.66. The summed E-state index contributed by atoms with van der Waals surface area (Å²) in [6.45, 7) is 7.47. The van der Waals surface area contributed by atoms with E-state index in [9.17, 15) is 14.7 Å². The number of carbonyl (C=O) groups is 2. The Bertz CT molecular complexity index is 696. The van der Waals surface area contributed by atoms with Crippen LogP contribution >= 0.6 is 0 Å². The van der Waals surface area contributed by atoms with Crippen molar-refractivity contribution in [3.8, 4) is 0 Å². The molecule has 150 valence electrons. The van der Waals surface area contributed by atoms with Gasteiger partial charge >= 0.3 is 11.9 Å². The fourth-order valence-corrected chi connectivity index (χ4v) is 5.79. The molecule has 0 amide bonds. The third-order valence-corrected chi connectivity index (χ3v) is 7.36. The van der Waals surface area contributed by atoms with Gasteiger partial charge in [0.25, 0.3) is 0 Å². The molecule has 1 N–H and O–H groups in total. The molecule has 2 heterocycles. The van der Waals surface area contributed by atoms with Crippen molar-refractivity contribution in [1.29, 1.82) is 0 Å². The maximum absolute atomic E-state index is 11.9. The van der Waals surface area contributed by atoms with Crippen LogP contribution in [0.1, 0.15) is 47.0 Å². The minimum absolute atomic E-state index is 0.166. The van der Waals surface area contributed by atoms with Gasteiger partial charge in [-0.15, -0.1) is 0 Å². The number of carbonyl (C=O) groups excluding carboxylic acids is 2. The molecule has 2 aliphatic heterocycles. The highest BCUT2D eigenvalue weighted by Crippen LogP contribution is 2.70. The van der Waals surface area contributed by atoms with Crippen molar-refractivity contribution in [2.24, 2.45) is 10.8 Å². The molecule has 0 radical (unpaired) electrons. The number of esters is 2. The molecular weight excluding hydrogens is 352 g/mol. The summed E-state index contributed by atoms with van der Waals surface area (Å²) in [6.07, 6.45) is 1.75. The Balaban J connectivity index is 1.86. The van der Waals surface area contributed by atoms with Crippen LogP contribution in [0.5, 0.6) is 0 Å². The lowest BCUT2D eigenvalue weighted by Crippen LogP contribution is -2.76. The highest BCUT2D eigenvalue weighted by atomic mass is 16.6. The van der Waals surface area contributed by atoms with E-state index in [1.54, 1.807) is 0 Å². The maximum Gasteiger partial charge on any atom is 0.302 e. The van der Waals surface area contributed by atoms with Crippen LogP contribution < -0.4 is 0 Å². The lowest BCUT2D eigenvalue weighted by molar-refractivity contribution is -0.314. The molecule has 0 aromatic rings. The predicted molar refractivity (Wildman–Crippen MR) is 93.7 cm³/mol. The van der Waals surface area contributed by atoms with Crippen molar-refractivity contribution in [2.75, 3.05) is 13.2 Å². The third-order valence-electron chi connectivity index (χ3n) is 7.36. The van der Waals surface area contributed by atoms with Crippen LogP contribution in [-0.2, 0) is 28.5 Å². The predicted octanol–water partition coefficient (Wildman–Crippen LogP) is 1.51. The van der Waals surface area contributed by atoms with Gasteiger partial charge in [-0.25, -0.2) is 0 Å². The zero-order chi connectivity index (χ0) is 19.6. The zero-order valence-corrected chi connectivity index (χ0v) is 16.3. The smallest absolute Gasteiger partial charge is 0.302 e. The minimum atomic E-state index is -0.785. The molecule has 4 aliphatic rings. The van der Waals surface area contributed by atoms with Gasteiger partial charge in [0.05, 0.1) is 24.2 Å². The van der Waals surface area contributed by atoms with Crippen LogP contribution in [0.2, 0.25) is 0 Å². The summed E-state index contributed by atoms with van der Waals surface area (Å²) in [5.41, 5.74) is -0.775. The number of hydrogen-bond acceptors (Lipinski definition) is 7. The first-order chi connectivity index (χ1) is 12.7. The molecule has 0 unspecified atom stereocenters. The highest BCUT2D eigenvalue weighted by Gasteiger charge is 2.82. The van der Waals surface area contributed by atoms with Gasteiger partial charge in [0.2, 0.25) is 0 Å². The van der Waals surface area contributed by atoms with Crippen molar-refractivity contribution < 1.29 is 33.6 Å². The maximum atomic E-state index is 11.9. The largest absolute Gasteiger partial charge is 0.465 e. The Morgan fingerprint density at radius 3 is 2.63 bits per heavy atom. The Kier molecular flexibility index (Phi) is 4.22. The molecule has 4 rings (SSSR count). The zero-order valence-electron chi connectivity index (χ0n) is 16.3. The topological polar surface area (TPSA) is 94.6 Å². The van der Waals surface area contributed by atoms with E-state index >= 15 is 0 Å². The van der Waals surface area contributed by atoms with Gasteiger partial charge in [-0.2, -0.15) is 0 Å². The molecule has 7 atom stereocenters. The fourth-order valence-electron chi connectivity index (χ4n) is 5.79. The number of aliphatic hydroxyl groups excluding tert-OH is 1. The number of aliphatic hydroxyl groups is 1. The van der Waals surface area contributed by atoms with Crippen molar-refractivity contribution in [3.63, 3.8) is 0 Å². The standard InChI is InChI=1S/C20H28O7/c1-11-5-6-19(9-24-12(2)21)16(7-11)27-17-14(23)8-15(26-13(3)22)18(19,4)20(17)10-25-20/h7,14-17,23H,5-6,8-10H2,1-4H3/t14-,15-,16-,17-,18-,19-,20-/m1/s1. The minimum Gasteiger partial charge on any atom is -0.465 e. The van der Waals surface area contributed by atoms with E-state index in [-0.39, 0.29) is 25.1 Å². The molecule has 0 aromatic heterocycles. The lowest BCUT2D eigenvalue weighted by atomic mass is 9.45. The molecule has 1 spiro atoms. The summed E-state index contributed by atoms with van der Waals surface area (Å²) in [5, 5.41) is 10.7. The Hall–Kier alpha value is -1.44. The van der Waals surface area contributed by atoms with Gasteiger partial charge in [-0.05, 0) is 19.8 Å². The molecule has 2 bridgehead atoms. The molecule has 0 aromatic carbocycles. The Morgan fingerprint density at radius 1 is 1.33 bits per heavy atom. The second kappa shape index (κ2) is 6.03. The van der Waals surface area contributed by atoms with Crippen molar-refractivity contribution in [3.05, 3.63) is 11.6 Å². The molecule has 2 saturated heterocycles. The summed E-state index contributed by atoms with van der Waals surface area (Å²) in [6, 6.07) is 0. The summed E-state index contributed by atoms with van der Waals surface area (Å²) in [5.74, 6) is -0.748. The van der Waals surface area contributed by atoms with E-state index in [2.05, 4.69) is 19.9 Å². The molecular formula is C20H28O7. The SMILES string of the molecule is CC(=O)OC[C@]12CCC(C)=C[C@H]1O[C@@H]1[C@H](O)C[C@@H](OC(C)=O)[C@@]2(C)[C@@]12CO2.